The zero-order chi connectivity index (χ0) is 22.1. The quantitative estimate of drug-likeness (QED) is 0.178. The molecule has 0 spiro atoms. The summed E-state index contributed by atoms with van der Waals surface area (Å²) in [6, 6.07) is -4.29. The molecule has 1 aromatic heterocycles. The predicted octanol–water partition coefficient (Wildman–Crippen LogP) is -3.79. The minimum atomic E-state index is -1.60. The Morgan fingerprint density at radius 1 is 1.07 bits per heavy atom. The van der Waals surface area contributed by atoms with Crippen molar-refractivity contribution in [3.63, 3.8) is 0 Å². The number of nitrogens with zero attached hydrogens (tertiary/aromatic N) is 1. The molecule has 29 heavy (non-hydrogen) atoms. The van der Waals surface area contributed by atoms with Gasteiger partial charge < -0.3 is 42.0 Å². The van der Waals surface area contributed by atoms with Crippen LogP contribution in [0.2, 0.25) is 0 Å². The standard InChI is InChI=1S/C16H26N6O7/c1-7(23)12(21-11(25)4-17)15(27)20-10(3-9-5-18-6-19-9)14(26)22-13(8(2)24)16(28)29/h5-8,10,12-13,23-24H,3-4,17H2,1-2H3,(H,18,19)(H,20,27)(H,21,25)(H,22,26)(H,28,29). The Balaban J connectivity index is 3.01. The van der Waals surface area contributed by atoms with Crippen molar-refractivity contribution in [2.75, 3.05) is 6.54 Å². The zero-order valence-electron chi connectivity index (χ0n) is 16.0. The van der Waals surface area contributed by atoms with Crippen LogP contribution in [0.15, 0.2) is 12.5 Å². The molecule has 0 saturated heterocycles. The maximum absolute atomic E-state index is 12.6. The summed E-state index contributed by atoms with van der Waals surface area (Å²) in [6.45, 7) is 2.04. The number of carbonyl (C=O) groups excluding carboxylic acids is 3. The van der Waals surface area contributed by atoms with Crippen LogP contribution in [0.25, 0.3) is 0 Å². The Bertz CT molecular complexity index is 707. The van der Waals surface area contributed by atoms with E-state index in [1.54, 1.807) is 0 Å². The van der Waals surface area contributed by atoms with E-state index >= 15 is 0 Å². The normalized spacial score (nSPS) is 16.0. The Kier molecular flexibility index (Phi) is 9.18. The summed E-state index contributed by atoms with van der Waals surface area (Å²) in [5.74, 6) is -3.93. The molecule has 0 aliphatic rings. The second-order valence-electron chi connectivity index (χ2n) is 6.40. The van der Waals surface area contributed by atoms with Gasteiger partial charge in [-0.2, -0.15) is 0 Å². The number of carboxylic acid groups (broad SMARTS) is 1. The molecule has 5 unspecified atom stereocenters. The van der Waals surface area contributed by atoms with Crippen molar-refractivity contribution in [3.8, 4) is 0 Å². The summed E-state index contributed by atoms with van der Waals surface area (Å²) < 4.78 is 0. The van der Waals surface area contributed by atoms with Crippen LogP contribution in [0.3, 0.4) is 0 Å². The van der Waals surface area contributed by atoms with Crippen molar-refractivity contribution in [1.82, 2.24) is 25.9 Å². The second-order valence-corrected chi connectivity index (χ2v) is 6.40. The van der Waals surface area contributed by atoms with Crippen molar-refractivity contribution < 1.29 is 34.5 Å². The molecular formula is C16H26N6O7. The van der Waals surface area contributed by atoms with E-state index in [1.165, 1.54) is 26.4 Å². The molecule has 3 amide bonds. The van der Waals surface area contributed by atoms with Crippen LogP contribution in [0, 0.1) is 0 Å². The molecular weight excluding hydrogens is 388 g/mol. The maximum Gasteiger partial charge on any atom is 0.328 e. The maximum atomic E-state index is 12.6. The van der Waals surface area contributed by atoms with Gasteiger partial charge in [0.2, 0.25) is 17.7 Å². The van der Waals surface area contributed by atoms with Gasteiger partial charge >= 0.3 is 5.97 Å². The SMILES string of the molecule is CC(O)C(NC(=O)C(Cc1cnc[nH]1)NC(=O)C(NC(=O)CN)C(C)O)C(=O)O. The second kappa shape index (κ2) is 11.1. The molecule has 1 aromatic rings. The first-order valence-electron chi connectivity index (χ1n) is 8.73. The number of imidazole rings is 1. The summed E-state index contributed by atoms with van der Waals surface area (Å²) in [4.78, 5) is 54.4. The van der Waals surface area contributed by atoms with Gasteiger partial charge in [-0.25, -0.2) is 9.78 Å². The number of nitrogens with two attached hydrogens (primary N) is 1. The molecule has 13 nitrogen and oxygen atoms in total. The number of nitrogens with one attached hydrogen (secondary N) is 4. The summed E-state index contributed by atoms with van der Waals surface area (Å²) >= 11 is 0. The Morgan fingerprint density at radius 3 is 2.14 bits per heavy atom. The zero-order valence-corrected chi connectivity index (χ0v) is 16.0. The van der Waals surface area contributed by atoms with Crippen molar-refractivity contribution in [2.45, 2.75) is 50.6 Å². The van der Waals surface area contributed by atoms with E-state index in [1.807, 2.05) is 0 Å². The van der Waals surface area contributed by atoms with E-state index in [0.29, 0.717) is 5.69 Å². The average molecular weight is 414 g/mol. The Hall–Kier alpha value is -3.03. The third-order valence-electron chi connectivity index (χ3n) is 3.92. The highest BCUT2D eigenvalue weighted by Crippen LogP contribution is 2.03. The topological polar surface area (TPSA) is 220 Å². The molecule has 13 heteroatoms. The van der Waals surface area contributed by atoms with Gasteiger partial charge in [0.05, 0.1) is 25.1 Å². The van der Waals surface area contributed by atoms with Gasteiger partial charge in [0.15, 0.2) is 6.04 Å². The molecule has 0 radical (unpaired) electrons. The minimum Gasteiger partial charge on any atom is -0.480 e. The Morgan fingerprint density at radius 2 is 1.69 bits per heavy atom. The number of hydrogen-bond acceptors (Lipinski definition) is 8. The monoisotopic (exact) mass is 414 g/mol. The van der Waals surface area contributed by atoms with Crippen LogP contribution in [-0.2, 0) is 25.6 Å². The van der Waals surface area contributed by atoms with E-state index in [9.17, 15) is 29.4 Å². The first kappa shape index (κ1) is 24.0. The van der Waals surface area contributed by atoms with E-state index in [0.717, 1.165) is 0 Å². The number of aromatic amines is 1. The third kappa shape index (κ3) is 7.48. The van der Waals surface area contributed by atoms with Gasteiger partial charge in [0.1, 0.15) is 12.1 Å². The molecule has 9 N–H and O–H groups in total. The van der Waals surface area contributed by atoms with Crippen LogP contribution in [0.5, 0.6) is 0 Å². The highest BCUT2D eigenvalue weighted by molar-refractivity contribution is 5.94. The van der Waals surface area contributed by atoms with Crippen LogP contribution in [-0.4, -0.2) is 85.9 Å². The number of carboxylic acids is 1. The van der Waals surface area contributed by atoms with E-state index < -0.39 is 60.6 Å². The number of aliphatic carboxylic acids is 1. The number of aromatic nitrogens is 2. The van der Waals surface area contributed by atoms with Gasteiger partial charge in [-0.05, 0) is 13.8 Å². The molecule has 0 fully saturated rings. The van der Waals surface area contributed by atoms with Crippen molar-refractivity contribution >= 4 is 23.7 Å². The van der Waals surface area contributed by atoms with Gasteiger partial charge in [-0.1, -0.05) is 0 Å². The van der Waals surface area contributed by atoms with Crippen molar-refractivity contribution in [2.24, 2.45) is 5.73 Å². The van der Waals surface area contributed by atoms with E-state index in [2.05, 4.69) is 25.9 Å². The number of amides is 3. The smallest absolute Gasteiger partial charge is 0.328 e. The lowest BCUT2D eigenvalue weighted by Crippen LogP contribution is -2.60. The summed E-state index contributed by atoms with van der Waals surface area (Å²) in [5, 5.41) is 35.2. The van der Waals surface area contributed by atoms with Crippen LogP contribution in [0.1, 0.15) is 19.5 Å². The Labute approximate surface area is 166 Å². The average Bonchev–Trinajstić information content (AvgIpc) is 3.15. The van der Waals surface area contributed by atoms with Gasteiger partial charge in [-0.15, -0.1) is 0 Å². The number of rotatable bonds is 11. The fraction of sp³-hybridized carbons (Fsp3) is 0.562. The number of aliphatic hydroxyl groups excluding tert-OH is 2. The van der Waals surface area contributed by atoms with Crippen LogP contribution in [0.4, 0.5) is 0 Å². The lowest BCUT2D eigenvalue weighted by molar-refractivity contribution is -0.145. The molecule has 0 aliphatic heterocycles. The van der Waals surface area contributed by atoms with Crippen LogP contribution < -0.4 is 21.7 Å². The number of aliphatic hydroxyl groups is 2. The van der Waals surface area contributed by atoms with Gasteiger partial charge in [0.25, 0.3) is 0 Å². The lowest BCUT2D eigenvalue weighted by Gasteiger charge is -2.26. The van der Waals surface area contributed by atoms with Crippen molar-refractivity contribution in [3.05, 3.63) is 18.2 Å². The molecule has 0 aliphatic carbocycles. The highest BCUT2D eigenvalue weighted by Gasteiger charge is 2.33. The molecule has 5 atom stereocenters. The summed E-state index contributed by atoms with van der Waals surface area (Å²) in [5.41, 5.74) is 5.64. The fourth-order valence-corrected chi connectivity index (χ4v) is 2.37. The third-order valence-corrected chi connectivity index (χ3v) is 3.92. The van der Waals surface area contributed by atoms with Gasteiger partial charge in [-0.3, -0.25) is 14.4 Å². The van der Waals surface area contributed by atoms with E-state index in [4.69, 9.17) is 10.8 Å². The predicted molar refractivity (Wildman–Crippen MR) is 98.1 cm³/mol. The van der Waals surface area contributed by atoms with E-state index in [-0.39, 0.29) is 6.42 Å². The lowest BCUT2D eigenvalue weighted by atomic mass is 10.1. The fourth-order valence-electron chi connectivity index (χ4n) is 2.37. The van der Waals surface area contributed by atoms with Crippen molar-refractivity contribution in [1.29, 1.82) is 0 Å². The first-order valence-corrected chi connectivity index (χ1v) is 8.73. The molecule has 1 heterocycles. The highest BCUT2D eigenvalue weighted by atomic mass is 16.4. The number of hydrogen-bond donors (Lipinski definition) is 8. The molecule has 1 rings (SSSR count). The summed E-state index contributed by atoms with van der Waals surface area (Å²) in [6.07, 6.45) is -0.0408. The molecule has 162 valence electrons. The molecule has 0 aromatic carbocycles. The molecule has 0 bridgehead atoms. The minimum absolute atomic E-state index is 0.0961. The first-order chi connectivity index (χ1) is 13.6. The molecule has 0 saturated carbocycles. The number of H-pyrrole nitrogens is 1. The van der Waals surface area contributed by atoms with Gasteiger partial charge in [0, 0.05) is 18.3 Å². The van der Waals surface area contributed by atoms with Crippen LogP contribution >= 0.6 is 0 Å². The summed E-state index contributed by atoms with van der Waals surface area (Å²) in [7, 11) is 0. The number of carbonyl (C=O) groups is 4. The largest absolute Gasteiger partial charge is 0.480 e.